The predicted molar refractivity (Wildman–Crippen MR) is 130 cm³/mol. The minimum absolute atomic E-state index is 0.453. The van der Waals surface area contributed by atoms with Gasteiger partial charge in [-0.25, -0.2) is 10.1 Å². The molecule has 0 aliphatic carbocycles. The van der Waals surface area contributed by atoms with Gasteiger partial charge in [0.25, 0.3) is 0 Å². The molecular formula is C25H20ClN5O2. The van der Waals surface area contributed by atoms with Crippen molar-refractivity contribution in [2.45, 2.75) is 6.92 Å². The third-order valence-electron chi connectivity index (χ3n) is 4.77. The summed E-state index contributed by atoms with van der Waals surface area (Å²) in [5, 5.41) is 11.7. The normalized spacial score (nSPS) is 10.8. The highest BCUT2D eigenvalue weighted by molar-refractivity contribution is 6.39. The van der Waals surface area contributed by atoms with Crippen LogP contribution in [0.1, 0.15) is 11.1 Å². The summed E-state index contributed by atoms with van der Waals surface area (Å²) < 4.78 is 1.74. The van der Waals surface area contributed by atoms with Crippen LogP contribution in [0, 0.1) is 6.92 Å². The van der Waals surface area contributed by atoms with Crippen molar-refractivity contribution in [3.8, 4) is 16.9 Å². The Hall–Kier alpha value is -4.23. The quantitative estimate of drug-likeness (QED) is 0.261. The number of rotatable bonds is 5. The monoisotopic (exact) mass is 457 g/mol. The van der Waals surface area contributed by atoms with Gasteiger partial charge in [0.05, 0.1) is 11.9 Å². The molecule has 8 heteroatoms. The predicted octanol–water partition coefficient (Wildman–Crippen LogP) is 4.59. The van der Waals surface area contributed by atoms with Gasteiger partial charge in [-0.3, -0.25) is 9.59 Å². The summed E-state index contributed by atoms with van der Waals surface area (Å²) in [4.78, 5) is 24.2. The average molecular weight is 458 g/mol. The Labute approximate surface area is 195 Å². The van der Waals surface area contributed by atoms with Crippen LogP contribution in [0.25, 0.3) is 16.9 Å². The SMILES string of the molecule is Cc1ccc(-c2nn(-c3ccccc3)cc2/C=N/NC(=O)C(=O)Nc2ccc(Cl)cc2)cc1. The molecule has 2 N–H and O–H groups in total. The molecule has 0 atom stereocenters. The second-order valence-corrected chi connectivity index (χ2v) is 7.68. The summed E-state index contributed by atoms with van der Waals surface area (Å²) in [5.74, 6) is -1.73. The van der Waals surface area contributed by atoms with Gasteiger partial charge in [-0.2, -0.15) is 10.2 Å². The fourth-order valence-corrected chi connectivity index (χ4v) is 3.19. The van der Waals surface area contributed by atoms with Crippen molar-refractivity contribution >= 4 is 35.3 Å². The maximum atomic E-state index is 12.1. The van der Waals surface area contributed by atoms with E-state index in [1.54, 1.807) is 28.9 Å². The van der Waals surface area contributed by atoms with Crippen LogP contribution in [0.5, 0.6) is 0 Å². The van der Waals surface area contributed by atoms with E-state index >= 15 is 0 Å². The van der Waals surface area contributed by atoms with Crippen LogP contribution in [0.15, 0.2) is 90.2 Å². The van der Waals surface area contributed by atoms with E-state index in [1.807, 2.05) is 67.7 Å². The van der Waals surface area contributed by atoms with Crippen molar-refractivity contribution in [1.82, 2.24) is 15.2 Å². The summed E-state index contributed by atoms with van der Waals surface area (Å²) in [7, 11) is 0. The summed E-state index contributed by atoms with van der Waals surface area (Å²) in [6.07, 6.45) is 3.28. The number of aromatic nitrogens is 2. The Kier molecular flexibility index (Phi) is 6.61. The molecule has 0 radical (unpaired) electrons. The van der Waals surface area contributed by atoms with Gasteiger partial charge >= 0.3 is 11.8 Å². The Balaban J connectivity index is 1.52. The van der Waals surface area contributed by atoms with E-state index in [-0.39, 0.29) is 0 Å². The maximum absolute atomic E-state index is 12.1. The van der Waals surface area contributed by atoms with E-state index < -0.39 is 11.8 Å². The molecule has 0 fully saturated rings. The molecule has 0 unspecified atom stereocenters. The summed E-state index contributed by atoms with van der Waals surface area (Å²) in [6, 6.07) is 24.0. The molecule has 4 rings (SSSR count). The zero-order valence-electron chi connectivity index (χ0n) is 17.7. The molecule has 0 aliphatic heterocycles. The van der Waals surface area contributed by atoms with Crippen LogP contribution in [0.3, 0.4) is 0 Å². The second-order valence-electron chi connectivity index (χ2n) is 7.24. The van der Waals surface area contributed by atoms with Crippen molar-refractivity contribution in [2.75, 3.05) is 5.32 Å². The van der Waals surface area contributed by atoms with Gasteiger partial charge in [-0.05, 0) is 43.3 Å². The number of nitrogens with one attached hydrogen (secondary N) is 2. The van der Waals surface area contributed by atoms with Crippen molar-refractivity contribution in [3.63, 3.8) is 0 Å². The number of nitrogens with zero attached hydrogens (tertiary/aromatic N) is 3. The number of hydrogen-bond donors (Lipinski definition) is 2. The first-order valence-corrected chi connectivity index (χ1v) is 10.5. The van der Waals surface area contributed by atoms with E-state index in [0.717, 1.165) is 16.8 Å². The van der Waals surface area contributed by atoms with Gasteiger partial charge in [-0.15, -0.1) is 0 Å². The smallest absolute Gasteiger partial charge is 0.318 e. The van der Waals surface area contributed by atoms with E-state index in [2.05, 4.69) is 15.8 Å². The van der Waals surface area contributed by atoms with Crippen LogP contribution < -0.4 is 10.7 Å². The maximum Gasteiger partial charge on any atom is 0.329 e. The number of anilines is 1. The minimum Gasteiger partial charge on any atom is -0.318 e. The first-order valence-electron chi connectivity index (χ1n) is 10.1. The van der Waals surface area contributed by atoms with Crippen LogP contribution >= 0.6 is 11.6 Å². The van der Waals surface area contributed by atoms with Gasteiger partial charge in [0, 0.05) is 28.0 Å². The van der Waals surface area contributed by atoms with Crippen molar-refractivity contribution in [2.24, 2.45) is 5.10 Å². The summed E-state index contributed by atoms with van der Waals surface area (Å²) in [5.41, 5.74) is 7.01. The van der Waals surface area contributed by atoms with Crippen LogP contribution in [-0.2, 0) is 9.59 Å². The molecule has 0 saturated carbocycles. The van der Waals surface area contributed by atoms with Crippen molar-refractivity contribution in [3.05, 3.63) is 101 Å². The van der Waals surface area contributed by atoms with Crippen molar-refractivity contribution < 1.29 is 9.59 Å². The number of hydrazone groups is 1. The molecule has 1 aromatic heterocycles. The highest BCUT2D eigenvalue weighted by atomic mass is 35.5. The lowest BCUT2D eigenvalue weighted by Crippen LogP contribution is -2.32. The van der Waals surface area contributed by atoms with Gasteiger partial charge in [-0.1, -0.05) is 59.6 Å². The van der Waals surface area contributed by atoms with Gasteiger partial charge in [0.15, 0.2) is 0 Å². The first kappa shape index (κ1) is 22.0. The third-order valence-corrected chi connectivity index (χ3v) is 5.02. The Morgan fingerprint density at radius 1 is 0.939 bits per heavy atom. The number of benzene rings is 3. The number of halogens is 1. The molecule has 0 aliphatic rings. The zero-order chi connectivity index (χ0) is 23.2. The molecule has 0 spiro atoms. The lowest BCUT2D eigenvalue weighted by atomic mass is 10.1. The highest BCUT2D eigenvalue weighted by Gasteiger charge is 2.14. The molecule has 7 nitrogen and oxygen atoms in total. The molecule has 164 valence electrons. The van der Waals surface area contributed by atoms with E-state index in [1.165, 1.54) is 6.21 Å². The fourth-order valence-electron chi connectivity index (χ4n) is 3.06. The average Bonchev–Trinajstić information content (AvgIpc) is 3.25. The highest BCUT2D eigenvalue weighted by Crippen LogP contribution is 2.23. The minimum atomic E-state index is -0.895. The number of carbonyl (C=O) groups is 2. The lowest BCUT2D eigenvalue weighted by molar-refractivity contribution is -0.136. The van der Waals surface area contributed by atoms with Crippen LogP contribution in [0.2, 0.25) is 5.02 Å². The molecule has 3 aromatic carbocycles. The van der Waals surface area contributed by atoms with E-state index in [9.17, 15) is 9.59 Å². The molecule has 4 aromatic rings. The number of hydrogen-bond acceptors (Lipinski definition) is 4. The number of aryl methyl sites for hydroxylation is 1. The molecule has 33 heavy (non-hydrogen) atoms. The number of para-hydroxylation sites is 1. The zero-order valence-corrected chi connectivity index (χ0v) is 18.5. The molecule has 2 amide bonds. The molecule has 0 bridgehead atoms. The Morgan fingerprint density at radius 3 is 2.33 bits per heavy atom. The fraction of sp³-hybridized carbons (Fsp3) is 0.0400. The molecule has 0 saturated heterocycles. The largest absolute Gasteiger partial charge is 0.329 e. The van der Waals surface area contributed by atoms with Gasteiger partial charge < -0.3 is 5.32 Å². The van der Waals surface area contributed by atoms with Crippen LogP contribution in [0.4, 0.5) is 5.69 Å². The van der Waals surface area contributed by atoms with E-state index in [0.29, 0.717) is 22.0 Å². The summed E-state index contributed by atoms with van der Waals surface area (Å²) >= 11 is 5.83. The Morgan fingerprint density at radius 2 is 1.64 bits per heavy atom. The second kappa shape index (κ2) is 9.93. The summed E-state index contributed by atoms with van der Waals surface area (Å²) in [6.45, 7) is 2.01. The first-order chi connectivity index (χ1) is 16.0. The van der Waals surface area contributed by atoms with Gasteiger partial charge in [0.2, 0.25) is 0 Å². The topological polar surface area (TPSA) is 88.4 Å². The lowest BCUT2D eigenvalue weighted by Gasteiger charge is -2.03. The molecular weight excluding hydrogens is 438 g/mol. The number of amides is 2. The van der Waals surface area contributed by atoms with Crippen molar-refractivity contribution in [1.29, 1.82) is 0 Å². The Bertz CT molecular complexity index is 1300. The van der Waals surface area contributed by atoms with Gasteiger partial charge in [0.1, 0.15) is 5.69 Å². The van der Waals surface area contributed by atoms with Crippen LogP contribution in [-0.4, -0.2) is 27.8 Å². The van der Waals surface area contributed by atoms with E-state index in [4.69, 9.17) is 16.7 Å². The standard InChI is InChI=1S/C25H20ClN5O2/c1-17-7-9-18(10-8-17)23-19(16-31(30-23)22-5-3-2-4-6-22)15-27-29-25(33)24(32)28-21-13-11-20(26)12-14-21/h2-16H,1H3,(H,28,32)(H,29,33)/b27-15+. The number of carbonyl (C=O) groups excluding carboxylic acids is 2. The molecule has 1 heterocycles. The third kappa shape index (κ3) is 5.53.